The number of hydrogen-bond acceptors (Lipinski definition) is 20. The molecule has 0 aliphatic carbocycles. The van der Waals surface area contributed by atoms with Gasteiger partial charge in [-0.2, -0.15) is 0 Å². The molecule has 0 aliphatic rings. The Labute approximate surface area is 409 Å². The second kappa shape index (κ2) is 31.7. The molecule has 400 valence electrons. The molecule has 0 radical (unpaired) electrons. The zero-order chi connectivity index (χ0) is 53.1. The highest BCUT2D eigenvalue weighted by molar-refractivity contribution is 5.86. The summed E-state index contributed by atoms with van der Waals surface area (Å²) in [6, 6.07) is 0. The van der Waals surface area contributed by atoms with Crippen molar-refractivity contribution in [2.24, 2.45) is 44.8 Å². The standard InChI is InChI=1S/C49H84O20/c1-15-34(37(51)62-23-20-59-12)31-48(10,43(57)65-19-18-50)33-49(11,44(58)69-29-27-67-41(55)46(6,7)17-3)32-35(38(52)63-24-21-60-13)30-36(39(53)64-25-22-61-14)47(8,9)42(56)68-28-26-66-40(54)45(4,5)16-2/h34-36,50H,15-33H2,1-14H3. The molecule has 0 saturated heterocycles. The molecule has 0 amide bonds. The smallest absolute Gasteiger partial charge is 0.312 e. The van der Waals surface area contributed by atoms with Crippen LogP contribution in [0.4, 0.5) is 0 Å². The molecule has 0 fully saturated rings. The zero-order valence-electron chi connectivity index (χ0n) is 43.9. The van der Waals surface area contributed by atoms with Crippen molar-refractivity contribution in [3.8, 4) is 0 Å². The molecular formula is C49H84O20. The molecule has 0 bridgehead atoms. The fraction of sp³-hybridized carbons (Fsp3) is 0.837. The molecular weight excluding hydrogens is 909 g/mol. The molecule has 0 aromatic carbocycles. The summed E-state index contributed by atoms with van der Waals surface area (Å²) in [5.41, 5.74) is -6.95. The first kappa shape index (κ1) is 64.6. The fourth-order valence-corrected chi connectivity index (χ4v) is 7.08. The molecule has 0 aromatic heterocycles. The second-order valence-corrected chi connectivity index (χ2v) is 19.4. The second-order valence-electron chi connectivity index (χ2n) is 19.4. The predicted molar refractivity (Wildman–Crippen MR) is 248 cm³/mol. The molecule has 1 N–H and O–H groups in total. The number of carbonyl (C=O) groups is 8. The Hall–Kier alpha value is -4.40. The Morgan fingerprint density at radius 2 is 0.754 bits per heavy atom. The largest absolute Gasteiger partial charge is 0.463 e. The minimum Gasteiger partial charge on any atom is -0.463 e. The number of rotatable bonds is 37. The highest BCUT2D eigenvalue weighted by atomic mass is 16.6. The van der Waals surface area contributed by atoms with Crippen molar-refractivity contribution >= 4 is 47.8 Å². The van der Waals surface area contributed by atoms with Gasteiger partial charge in [-0.3, -0.25) is 38.4 Å². The van der Waals surface area contributed by atoms with Crippen LogP contribution in [0.5, 0.6) is 0 Å². The van der Waals surface area contributed by atoms with Gasteiger partial charge >= 0.3 is 47.8 Å². The Balaban J connectivity index is 7.65. The molecule has 0 spiro atoms. The lowest BCUT2D eigenvalue weighted by Gasteiger charge is -2.40. The van der Waals surface area contributed by atoms with Crippen molar-refractivity contribution in [3.05, 3.63) is 0 Å². The fourth-order valence-electron chi connectivity index (χ4n) is 7.08. The minimum absolute atomic E-state index is 0.00982. The molecule has 0 aliphatic heterocycles. The van der Waals surface area contributed by atoms with Crippen LogP contribution in [-0.2, 0) is 90.5 Å². The summed E-state index contributed by atoms with van der Waals surface area (Å²) in [4.78, 5) is 110. The number of aliphatic hydroxyl groups is 1. The van der Waals surface area contributed by atoms with Gasteiger partial charge < -0.3 is 57.2 Å². The van der Waals surface area contributed by atoms with Crippen molar-refractivity contribution in [1.29, 1.82) is 0 Å². The molecule has 20 heteroatoms. The van der Waals surface area contributed by atoms with Crippen LogP contribution in [0.2, 0.25) is 0 Å². The van der Waals surface area contributed by atoms with Crippen molar-refractivity contribution in [3.63, 3.8) is 0 Å². The molecule has 0 saturated carbocycles. The van der Waals surface area contributed by atoms with E-state index in [9.17, 15) is 43.5 Å². The summed E-state index contributed by atoms with van der Waals surface area (Å²) in [6.45, 7) is 15.1. The SMILES string of the molecule is CCC(CC(C)(CC(C)(CC(CC(C(=O)OCCOC)C(C)(C)C(=O)OCCOC(=O)C(C)(C)CC)C(=O)OCCOC)C(=O)OCCOC(=O)C(C)(C)CC)C(=O)OCCO)C(=O)OCCOC. The van der Waals surface area contributed by atoms with E-state index in [4.69, 9.17) is 52.1 Å². The summed E-state index contributed by atoms with van der Waals surface area (Å²) < 4.78 is 59.2. The van der Waals surface area contributed by atoms with Crippen LogP contribution in [0.1, 0.15) is 121 Å². The lowest BCUT2D eigenvalue weighted by molar-refractivity contribution is -0.174. The van der Waals surface area contributed by atoms with Crippen LogP contribution in [0.15, 0.2) is 0 Å². The first-order valence-corrected chi connectivity index (χ1v) is 23.7. The van der Waals surface area contributed by atoms with E-state index in [0.717, 1.165) is 0 Å². The molecule has 0 aromatic rings. The Morgan fingerprint density at radius 1 is 0.420 bits per heavy atom. The average molecular weight is 993 g/mol. The molecule has 69 heavy (non-hydrogen) atoms. The van der Waals surface area contributed by atoms with E-state index in [1.807, 2.05) is 13.8 Å². The Kier molecular flexibility index (Phi) is 29.7. The minimum atomic E-state index is -1.88. The Morgan fingerprint density at radius 3 is 1.13 bits per heavy atom. The summed E-state index contributed by atoms with van der Waals surface area (Å²) in [5.74, 6) is -10.1. The predicted octanol–water partition coefficient (Wildman–Crippen LogP) is 4.99. The van der Waals surface area contributed by atoms with Gasteiger partial charge in [0.05, 0.1) is 71.3 Å². The van der Waals surface area contributed by atoms with Gasteiger partial charge in [-0.15, -0.1) is 0 Å². The number of hydrogen-bond donors (Lipinski definition) is 1. The van der Waals surface area contributed by atoms with Gasteiger partial charge in [0.15, 0.2) is 0 Å². The maximum Gasteiger partial charge on any atom is 0.312 e. The maximum absolute atomic E-state index is 14.7. The van der Waals surface area contributed by atoms with E-state index in [0.29, 0.717) is 12.8 Å². The first-order valence-electron chi connectivity index (χ1n) is 23.7. The monoisotopic (exact) mass is 993 g/mol. The van der Waals surface area contributed by atoms with Crippen LogP contribution in [0.25, 0.3) is 0 Å². The average Bonchev–Trinajstić information content (AvgIpc) is 3.30. The van der Waals surface area contributed by atoms with E-state index >= 15 is 0 Å². The van der Waals surface area contributed by atoms with E-state index in [-0.39, 0.29) is 72.3 Å². The van der Waals surface area contributed by atoms with E-state index in [1.54, 1.807) is 34.6 Å². The number of ether oxygens (including phenoxy) is 11. The van der Waals surface area contributed by atoms with Gasteiger partial charge in [0.2, 0.25) is 0 Å². The normalized spacial score (nSPS) is 14.9. The summed E-state index contributed by atoms with van der Waals surface area (Å²) in [6.07, 6.45) is -0.486. The third kappa shape index (κ3) is 22.1. The Bertz CT molecular complexity index is 1620. The highest BCUT2D eigenvalue weighted by Gasteiger charge is 2.52. The number of methoxy groups -OCH3 is 3. The van der Waals surface area contributed by atoms with Crippen molar-refractivity contribution < 1.29 is 95.6 Å². The molecule has 0 heterocycles. The quantitative estimate of drug-likeness (QED) is 0.0488. The van der Waals surface area contributed by atoms with E-state index in [2.05, 4.69) is 0 Å². The van der Waals surface area contributed by atoms with Gasteiger partial charge in [0, 0.05) is 21.3 Å². The lowest BCUT2D eigenvalue weighted by Crippen LogP contribution is -2.46. The van der Waals surface area contributed by atoms with Gasteiger partial charge in [0.1, 0.15) is 52.9 Å². The molecule has 5 atom stereocenters. The van der Waals surface area contributed by atoms with Crippen molar-refractivity contribution in [2.45, 2.75) is 121 Å². The van der Waals surface area contributed by atoms with Crippen LogP contribution in [-0.4, -0.2) is 153 Å². The number of esters is 8. The summed E-state index contributed by atoms with van der Waals surface area (Å²) in [5, 5.41) is 9.62. The van der Waals surface area contributed by atoms with Crippen LogP contribution in [0, 0.1) is 44.8 Å². The van der Waals surface area contributed by atoms with Gasteiger partial charge in [0.25, 0.3) is 0 Å². The first-order chi connectivity index (χ1) is 32.2. The van der Waals surface area contributed by atoms with Crippen molar-refractivity contribution in [2.75, 3.05) is 101 Å². The zero-order valence-corrected chi connectivity index (χ0v) is 43.9. The third-order valence-electron chi connectivity index (χ3n) is 12.4. The van der Waals surface area contributed by atoms with Crippen LogP contribution >= 0.6 is 0 Å². The number of aliphatic hydroxyl groups excluding tert-OH is 1. The van der Waals surface area contributed by atoms with Gasteiger partial charge in [-0.1, -0.05) is 20.8 Å². The van der Waals surface area contributed by atoms with Gasteiger partial charge in [-0.25, -0.2) is 0 Å². The maximum atomic E-state index is 14.7. The topological polar surface area (TPSA) is 258 Å². The van der Waals surface area contributed by atoms with E-state index in [1.165, 1.54) is 49.0 Å². The van der Waals surface area contributed by atoms with E-state index < -0.39 is 132 Å². The molecule has 0 rings (SSSR count). The van der Waals surface area contributed by atoms with Gasteiger partial charge in [-0.05, 0) is 100 Å². The van der Waals surface area contributed by atoms with Crippen molar-refractivity contribution in [1.82, 2.24) is 0 Å². The van der Waals surface area contributed by atoms with Crippen LogP contribution < -0.4 is 0 Å². The van der Waals surface area contributed by atoms with Crippen LogP contribution in [0.3, 0.4) is 0 Å². The summed E-state index contributed by atoms with van der Waals surface area (Å²) >= 11 is 0. The third-order valence-corrected chi connectivity index (χ3v) is 12.4. The molecule has 20 nitrogen and oxygen atoms in total. The highest BCUT2D eigenvalue weighted by Crippen LogP contribution is 2.47. The summed E-state index contributed by atoms with van der Waals surface area (Å²) in [7, 11) is 4.22. The number of carbonyl (C=O) groups excluding carboxylic acids is 8. The molecule has 5 unspecified atom stereocenters. The lowest BCUT2D eigenvalue weighted by atomic mass is 9.64.